The van der Waals surface area contributed by atoms with Crippen LogP contribution in [-0.2, 0) is 6.42 Å². The quantitative estimate of drug-likeness (QED) is 0.802. The van der Waals surface area contributed by atoms with Gasteiger partial charge in [-0.25, -0.2) is 4.98 Å². The van der Waals surface area contributed by atoms with Gasteiger partial charge in [0.2, 0.25) is 0 Å². The lowest BCUT2D eigenvalue weighted by molar-refractivity contribution is -0.127. The lowest BCUT2D eigenvalue weighted by Crippen LogP contribution is -2.11. The van der Waals surface area contributed by atoms with Gasteiger partial charge in [-0.05, 0) is 18.6 Å². The highest BCUT2D eigenvalue weighted by atomic mass is 19.4. The Morgan fingerprint density at radius 1 is 1.27 bits per heavy atom. The highest BCUT2D eigenvalue weighted by Gasteiger charge is 2.27. The zero-order valence-electron chi connectivity index (χ0n) is 11.7. The molecule has 0 saturated carbocycles. The summed E-state index contributed by atoms with van der Waals surface area (Å²) in [6, 6.07) is 6.33. The van der Waals surface area contributed by atoms with Crippen LogP contribution in [0.15, 0.2) is 42.9 Å². The van der Waals surface area contributed by atoms with Gasteiger partial charge in [-0.1, -0.05) is 18.2 Å². The number of benzene rings is 1. The molecule has 0 unspecified atom stereocenters. The lowest BCUT2D eigenvalue weighted by Gasteiger charge is -2.10. The summed E-state index contributed by atoms with van der Waals surface area (Å²) in [5, 5.41) is 6.79. The van der Waals surface area contributed by atoms with E-state index >= 15 is 0 Å². The van der Waals surface area contributed by atoms with Gasteiger partial charge < -0.3 is 0 Å². The molecule has 0 atom stereocenters. The van der Waals surface area contributed by atoms with Crippen LogP contribution in [0.25, 0.3) is 17.1 Å². The number of H-pyrrole nitrogens is 1. The minimum absolute atomic E-state index is 0.212. The molecule has 0 radical (unpaired) electrons. The summed E-state index contributed by atoms with van der Waals surface area (Å²) in [5.41, 5.74) is 2.51. The summed E-state index contributed by atoms with van der Waals surface area (Å²) in [6.07, 6.45) is -0.163. The molecule has 0 saturated heterocycles. The number of nitrogens with one attached hydrogen (secondary N) is 1. The van der Waals surface area contributed by atoms with Crippen molar-refractivity contribution in [1.29, 1.82) is 0 Å². The van der Waals surface area contributed by atoms with Crippen molar-refractivity contribution >= 4 is 0 Å². The van der Waals surface area contributed by atoms with E-state index in [2.05, 4.69) is 15.2 Å². The molecule has 114 valence electrons. The molecule has 3 rings (SSSR count). The number of aromatic nitrogens is 4. The van der Waals surface area contributed by atoms with E-state index < -0.39 is 12.6 Å². The Labute approximate surface area is 124 Å². The molecule has 0 bridgehead atoms. The van der Waals surface area contributed by atoms with E-state index in [0.717, 1.165) is 11.4 Å². The molecule has 2 aromatic heterocycles. The van der Waals surface area contributed by atoms with Crippen molar-refractivity contribution < 1.29 is 13.2 Å². The first kappa shape index (κ1) is 14.4. The number of hydrogen-bond acceptors (Lipinski definition) is 2. The van der Waals surface area contributed by atoms with Crippen LogP contribution in [0.3, 0.4) is 0 Å². The van der Waals surface area contributed by atoms with E-state index in [0.29, 0.717) is 11.4 Å². The molecule has 0 fully saturated rings. The number of aryl methyl sites for hydroxylation is 1. The van der Waals surface area contributed by atoms with Crippen molar-refractivity contribution in [2.24, 2.45) is 0 Å². The van der Waals surface area contributed by atoms with Gasteiger partial charge in [0.05, 0.1) is 24.0 Å². The molecular formula is C15H13F3N4. The van der Waals surface area contributed by atoms with Crippen LogP contribution in [0.5, 0.6) is 0 Å². The Morgan fingerprint density at radius 2 is 2.09 bits per heavy atom. The second kappa shape index (κ2) is 5.32. The van der Waals surface area contributed by atoms with Crippen LogP contribution < -0.4 is 0 Å². The molecule has 0 aliphatic carbocycles. The highest BCUT2D eigenvalue weighted by molar-refractivity contribution is 5.60. The van der Waals surface area contributed by atoms with Crippen LogP contribution in [0.4, 0.5) is 13.2 Å². The molecule has 1 N–H and O–H groups in total. The van der Waals surface area contributed by atoms with Crippen LogP contribution in [0, 0.1) is 6.92 Å². The summed E-state index contributed by atoms with van der Waals surface area (Å²) in [4.78, 5) is 4.26. The fraction of sp³-hybridized carbons (Fsp3) is 0.200. The van der Waals surface area contributed by atoms with Crippen LogP contribution in [0.1, 0.15) is 11.3 Å². The molecule has 0 amide bonds. The number of imidazole rings is 1. The van der Waals surface area contributed by atoms with Crippen molar-refractivity contribution in [2.45, 2.75) is 19.5 Å². The van der Waals surface area contributed by atoms with Crippen LogP contribution in [-0.4, -0.2) is 25.9 Å². The number of hydrogen-bond donors (Lipinski definition) is 1. The predicted octanol–water partition coefficient (Wildman–Crippen LogP) is 3.68. The molecule has 22 heavy (non-hydrogen) atoms. The van der Waals surface area contributed by atoms with E-state index in [4.69, 9.17) is 0 Å². The second-order valence-corrected chi connectivity index (χ2v) is 4.99. The van der Waals surface area contributed by atoms with Crippen LogP contribution in [0.2, 0.25) is 0 Å². The Kier molecular flexibility index (Phi) is 3.48. The second-order valence-electron chi connectivity index (χ2n) is 4.99. The molecular weight excluding hydrogens is 293 g/mol. The maximum atomic E-state index is 12.5. The standard InChI is InChI=1S/C15H13F3N4/c1-10-13(9-20-21-10)22-6-5-19-14(22)12-4-2-3-11(7-12)8-15(16,17)18/h2-7,9H,8H2,1H3,(H,20,21). The van der Waals surface area contributed by atoms with Gasteiger partial charge in [0.25, 0.3) is 0 Å². The third kappa shape index (κ3) is 2.88. The largest absolute Gasteiger partial charge is 0.393 e. The summed E-state index contributed by atoms with van der Waals surface area (Å²) in [5.74, 6) is 0.577. The van der Waals surface area contributed by atoms with Gasteiger partial charge in [-0.2, -0.15) is 18.3 Å². The van der Waals surface area contributed by atoms with Gasteiger partial charge in [0.1, 0.15) is 5.82 Å². The topological polar surface area (TPSA) is 46.5 Å². The van der Waals surface area contributed by atoms with Gasteiger partial charge in [-0.15, -0.1) is 0 Å². The third-order valence-electron chi connectivity index (χ3n) is 3.29. The molecule has 2 heterocycles. The first-order valence-electron chi connectivity index (χ1n) is 6.64. The molecule has 0 aliphatic heterocycles. The van der Waals surface area contributed by atoms with Gasteiger partial charge >= 0.3 is 6.18 Å². The Morgan fingerprint density at radius 3 is 2.77 bits per heavy atom. The van der Waals surface area contributed by atoms with Crippen LogP contribution >= 0.6 is 0 Å². The monoisotopic (exact) mass is 306 g/mol. The van der Waals surface area contributed by atoms with Gasteiger partial charge in [0, 0.05) is 18.0 Å². The average Bonchev–Trinajstić information content (AvgIpc) is 3.05. The van der Waals surface area contributed by atoms with Crippen molar-refractivity contribution in [3.63, 3.8) is 0 Å². The summed E-state index contributed by atoms with van der Waals surface area (Å²) in [6.45, 7) is 1.87. The maximum Gasteiger partial charge on any atom is 0.393 e. The van der Waals surface area contributed by atoms with Crippen molar-refractivity contribution in [1.82, 2.24) is 19.7 Å². The van der Waals surface area contributed by atoms with E-state index in [1.165, 1.54) is 12.1 Å². The lowest BCUT2D eigenvalue weighted by atomic mass is 10.1. The van der Waals surface area contributed by atoms with Gasteiger partial charge in [0.15, 0.2) is 0 Å². The van der Waals surface area contributed by atoms with Crippen molar-refractivity contribution in [3.05, 3.63) is 54.1 Å². The SMILES string of the molecule is Cc1[nH]ncc1-n1ccnc1-c1cccc(CC(F)(F)F)c1. The van der Waals surface area contributed by atoms with E-state index in [9.17, 15) is 13.2 Å². The summed E-state index contributed by atoms with van der Waals surface area (Å²) in [7, 11) is 0. The molecule has 7 heteroatoms. The minimum Gasteiger partial charge on any atom is -0.296 e. The molecule has 0 aliphatic rings. The maximum absolute atomic E-state index is 12.5. The van der Waals surface area contributed by atoms with Crippen molar-refractivity contribution in [3.8, 4) is 17.1 Å². The number of rotatable bonds is 3. The number of halogens is 3. The summed E-state index contributed by atoms with van der Waals surface area (Å²) < 4.78 is 39.4. The Bertz CT molecular complexity index is 786. The van der Waals surface area contributed by atoms with Gasteiger partial charge in [-0.3, -0.25) is 9.67 Å². The number of nitrogens with zero attached hydrogens (tertiary/aromatic N) is 3. The minimum atomic E-state index is -4.23. The Hall–Kier alpha value is -2.57. The number of alkyl halides is 3. The first-order chi connectivity index (χ1) is 10.4. The first-order valence-corrected chi connectivity index (χ1v) is 6.64. The normalized spacial score (nSPS) is 11.8. The molecule has 3 aromatic rings. The summed E-state index contributed by atoms with van der Waals surface area (Å²) >= 11 is 0. The van der Waals surface area contributed by atoms with Crippen molar-refractivity contribution in [2.75, 3.05) is 0 Å². The van der Waals surface area contributed by atoms with E-state index in [1.807, 2.05) is 6.92 Å². The fourth-order valence-corrected chi connectivity index (χ4v) is 2.35. The average molecular weight is 306 g/mol. The fourth-order valence-electron chi connectivity index (χ4n) is 2.35. The number of aromatic amines is 1. The zero-order valence-corrected chi connectivity index (χ0v) is 11.7. The van der Waals surface area contributed by atoms with E-state index in [-0.39, 0.29) is 5.56 Å². The smallest absolute Gasteiger partial charge is 0.296 e. The molecule has 1 aromatic carbocycles. The zero-order chi connectivity index (χ0) is 15.7. The third-order valence-corrected chi connectivity index (χ3v) is 3.29. The molecule has 4 nitrogen and oxygen atoms in total. The van der Waals surface area contributed by atoms with E-state index in [1.54, 1.807) is 35.3 Å². The highest BCUT2D eigenvalue weighted by Crippen LogP contribution is 2.26. The predicted molar refractivity (Wildman–Crippen MR) is 75.6 cm³/mol. The Balaban J connectivity index is 2.01. The molecule has 0 spiro atoms.